The van der Waals surface area contributed by atoms with Crippen LogP contribution < -0.4 is 5.32 Å². The molecule has 0 aliphatic heterocycles. The van der Waals surface area contributed by atoms with Crippen LogP contribution >= 0.6 is 0 Å². The molecule has 0 radical (unpaired) electrons. The summed E-state index contributed by atoms with van der Waals surface area (Å²) in [5, 5.41) is 14.6. The Bertz CT molecular complexity index is 850. The number of nitrogens with zero attached hydrogens (tertiary/aromatic N) is 1. The van der Waals surface area contributed by atoms with Crippen LogP contribution in [0.25, 0.3) is 10.9 Å². The van der Waals surface area contributed by atoms with Crippen LogP contribution in [-0.4, -0.2) is 15.8 Å². The van der Waals surface area contributed by atoms with Gasteiger partial charge in [0.25, 0.3) is 11.6 Å². The summed E-state index contributed by atoms with van der Waals surface area (Å²) in [6.07, 6.45) is 0. The van der Waals surface area contributed by atoms with Gasteiger partial charge in [0, 0.05) is 17.0 Å². The summed E-state index contributed by atoms with van der Waals surface area (Å²) in [6.45, 7) is 1.61. The number of carbonyl (C=O) groups excluding carboxylic acids is 1. The van der Waals surface area contributed by atoms with Crippen LogP contribution in [0.1, 0.15) is 16.1 Å². The van der Waals surface area contributed by atoms with E-state index in [9.17, 15) is 14.9 Å². The van der Waals surface area contributed by atoms with Crippen LogP contribution in [0.15, 0.2) is 48.5 Å². The molecule has 2 N–H and O–H groups in total. The highest BCUT2D eigenvalue weighted by Crippen LogP contribution is 2.25. The van der Waals surface area contributed by atoms with Crippen LogP contribution in [0.2, 0.25) is 0 Å². The smallest absolute Gasteiger partial charge is 0.274 e. The van der Waals surface area contributed by atoms with Gasteiger partial charge in [-0.25, -0.2) is 0 Å². The number of carbonyl (C=O) groups is 1. The number of nitrogens with one attached hydrogen (secondary N) is 2. The van der Waals surface area contributed by atoms with E-state index >= 15 is 0 Å². The Balaban J connectivity index is 1.91. The van der Waals surface area contributed by atoms with Gasteiger partial charge in [-0.05, 0) is 25.1 Å². The van der Waals surface area contributed by atoms with Gasteiger partial charge in [-0.3, -0.25) is 14.9 Å². The molecule has 0 saturated carbocycles. The highest BCUT2D eigenvalue weighted by atomic mass is 16.6. The van der Waals surface area contributed by atoms with E-state index in [0.29, 0.717) is 16.9 Å². The summed E-state index contributed by atoms with van der Waals surface area (Å²) in [4.78, 5) is 25.8. The number of nitro benzene ring substituents is 1. The molecule has 0 aliphatic carbocycles. The average molecular weight is 295 g/mol. The molecule has 110 valence electrons. The third kappa shape index (κ3) is 2.42. The summed E-state index contributed by atoms with van der Waals surface area (Å²) < 4.78 is 0. The third-order valence-corrected chi connectivity index (χ3v) is 3.52. The second kappa shape index (κ2) is 5.33. The van der Waals surface area contributed by atoms with E-state index in [2.05, 4.69) is 10.3 Å². The molecular formula is C16H13N3O3. The minimum atomic E-state index is -0.464. The third-order valence-electron chi connectivity index (χ3n) is 3.52. The lowest BCUT2D eigenvalue weighted by molar-refractivity contribution is -0.385. The minimum Gasteiger partial charge on any atom is -0.351 e. The Morgan fingerprint density at radius 1 is 1.18 bits per heavy atom. The Morgan fingerprint density at radius 2 is 1.95 bits per heavy atom. The predicted molar refractivity (Wildman–Crippen MR) is 84.1 cm³/mol. The summed E-state index contributed by atoms with van der Waals surface area (Å²) in [7, 11) is 0. The highest BCUT2D eigenvalue weighted by Gasteiger charge is 2.16. The molecule has 0 aliphatic rings. The first-order valence-electron chi connectivity index (χ1n) is 6.69. The molecule has 1 aromatic heterocycles. The van der Waals surface area contributed by atoms with Crippen molar-refractivity contribution in [2.75, 3.05) is 5.32 Å². The first-order chi connectivity index (χ1) is 10.6. The fourth-order valence-electron chi connectivity index (χ4n) is 2.34. The minimum absolute atomic E-state index is 0.0190. The number of hydrogen-bond acceptors (Lipinski definition) is 3. The molecule has 3 rings (SSSR count). The van der Waals surface area contributed by atoms with Crippen molar-refractivity contribution in [1.29, 1.82) is 0 Å². The van der Waals surface area contributed by atoms with E-state index in [4.69, 9.17) is 0 Å². The monoisotopic (exact) mass is 295 g/mol. The molecule has 0 bridgehead atoms. The molecule has 2 aromatic carbocycles. The largest absolute Gasteiger partial charge is 0.351 e. The SMILES string of the molecule is Cc1c(NC(=O)c2cc3ccccc3[nH]2)cccc1[N+](=O)[O-]. The number of para-hydroxylation sites is 1. The van der Waals surface area contributed by atoms with Crippen molar-refractivity contribution in [2.45, 2.75) is 6.92 Å². The highest BCUT2D eigenvalue weighted by molar-refractivity contribution is 6.06. The van der Waals surface area contributed by atoms with Gasteiger partial charge in [0.15, 0.2) is 0 Å². The summed E-state index contributed by atoms with van der Waals surface area (Å²) in [5.74, 6) is -0.334. The maximum atomic E-state index is 12.3. The Hall–Kier alpha value is -3.15. The molecule has 22 heavy (non-hydrogen) atoms. The molecule has 6 nitrogen and oxygen atoms in total. The molecule has 0 unspecified atom stereocenters. The van der Waals surface area contributed by atoms with Crippen molar-refractivity contribution >= 4 is 28.2 Å². The van der Waals surface area contributed by atoms with Crippen molar-refractivity contribution in [3.05, 3.63) is 69.9 Å². The van der Waals surface area contributed by atoms with Crippen LogP contribution in [0.5, 0.6) is 0 Å². The number of hydrogen-bond donors (Lipinski definition) is 2. The van der Waals surface area contributed by atoms with Gasteiger partial charge in [0.05, 0.1) is 16.2 Å². The normalized spacial score (nSPS) is 10.6. The van der Waals surface area contributed by atoms with Crippen molar-refractivity contribution in [3.63, 3.8) is 0 Å². The van der Waals surface area contributed by atoms with Crippen molar-refractivity contribution in [3.8, 4) is 0 Å². The molecule has 0 atom stereocenters. The van der Waals surface area contributed by atoms with Gasteiger partial charge in [-0.15, -0.1) is 0 Å². The lowest BCUT2D eigenvalue weighted by Gasteiger charge is -2.07. The molecular weight excluding hydrogens is 282 g/mol. The summed E-state index contributed by atoms with van der Waals surface area (Å²) >= 11 is 0. The Kier molecular flexibility index (Phi) is 3.34. The zero-order chi connectivity index (χ0) is 15.7. The van der Waals surface area contributed by atoms with E-state index < -0.39 is 4.92 Å². The van der Waals surface area contributed by atoms with Gasteiger partial charge in [-0.1, -0.05) is 24.3 Å². The maximum absolute atomic E-state index is 12.3. The topological polar surface area (TPSA) is 88.0 Å². The molecule has 6 heteroatoms. The number of anilines is 1. The predicted octanol–water partition coefficient (Wildman–Crippen LogP) is 3.64. The van der Waals surface area contributed by atoms with Crippen molar-refractivity contribution < 1.29 is 9.72 Å². The number of rotatable bonds is 3. The zero-order valence-corrected chi connectivity index (χ0v) is 11.8. The fraction of sp³-hybridized carbons (Fsp3) is 0.0625. The molecule has 3 aromatic rings. The molecule has 0 saturated heterocycles. The molecule has 0 spiro atoms. The van der Waals surface area contributed by atoms with Gasteiger partial charge in [0.2, 0.25) is 0 Å². The van der Waals surface area contributed by atoms with E-state index in [1.165, 1.54) is 6.07 Å². The number of aromatic amines is 1. The van der Waals surface area contributed by atoms with E-state index in [1.54, 1.807) is 25.1 Å². The lowest BCUT2D eigenvalue weighted by atomic mass is 10.1. The average Bonchev–Trinajstić information content (AvgIpc) is 2.93. The standard InChI is InChI=1S/C16H13N3O3/c1-10-12(7-4-8-15(10)19(21)22)18-16(20)14-9-11-5-2-3-6-13(11)17-14/h2-9,17H,1H3,(H,18,20). The molecule has 0 fully saturated rings. The van der Waals surface area contributed by atoms with Crippen LogP contribution in [0.4, 0.5) is 11.4 Å². The zero-order valence-electron chi connectivity index (χ0n) is 11.8. The first-order valence-corrected chi connectivity index (χ1v) is 6.69. The fourth-order valence-corrected chi connectivity index (χ4v) is 2.34. The maximum Gasteiger partial charge on any atom is 0.274 e. The first kappa shape index (κ1) is 13.8. The van der Waals surface area contributed by atoms with Crippen LogP contribution in [0.3, 0.4) is 0 Å². The Labute approximate surface area is 125 Å². The molecule has 1 heterocycles. The quantitative estimate of drug-likeness (QED) is 0.571. The van der Waals surface area contributed by atoms with E-state index in [0.717, 1.165) is 10.9 Å². The molecule has 1 amide bonds. The number of fused-ring (bicyclic) bond motifs is 1. The second-order valence-electron chi connectivity index (χ2n) is 4.93. The number of amides is 1. The van der Waals surface area contributed by atoms with E-state index in [-0.39, 0.29) is 11.6 Å². The van der Waals surface area contributed by atoms with Crippen molar-refractivity contribution in [1.82, 2.24) is 4.98 Å². The van der Waals surface area contributed by atoms with Gasteiger partial charge < -0.3 is 10.3 Å². The lowest BCUT2D eigenvalue weighted by Crippen LogP contribution is -2.13. The van der Waals surface area contributed by atoms with Gasteiger partial charge >= 0.3 is 0 Å². The van der Waals surface area contributed by atoms with Crippen LogP contribution in [0, 0.1) is 17.0 Å². The summed E-state index contributed by atoms with van der Waals surface area (Å²) in [5.41, 5.74) is 2.11. The van der Waals surface area contributed by atoms with E-state index in [1.807, 2.05) is 24.3 Å². The van der Waals surface area contributed by atoms with Gasteiger partial charge in [-0.2, -0.15) is 0 Å². The van der Waals surface area contributed by atoms with Crippen molar-refractivity contribution in [2.24, 2.45) is 0 Å². The summed E-state index contributed by atoms with van der Waals surface area (Å²) in [6, 6.07) is 13.9. The number of nitro groups is 1. The van der Waals surface area contributed by atoms with Gasteiger partial charge in [0.1, 0.15) is 5.69 Å². The second-order valence-corrected chi connectivity index (χ2v) is 4.93. The number of aromatic nitrogens is 1. The Morgan fingerprint density at radius 3 is 2.68 bits per heavy atom. The van der Waals surface area contributed by atoms with Crippen LogP contribution in [-0.2, 0) is 0 Å². The number of benzene rings is 2. The number of H-pyrrole nitrogens is 1.